The maximum atomic E-state index is 11.6. The van der Waals surface area contributed by atoms with Crippen LogP contribution in [0.2, 0.25) is 0 Å². The Hall–Kier alpha value is -1.16. The van der Waals surface area contributed by atoms with Gasteiger partial charge in [-0.25, -0.2) is 4.98 Å². The zero-order chi connectivity index (χ0) is 12.4. The van der Waals surface area contributed by atoms with Gasteiger partial charge in [-0.2, -0.15) is 0 Å². The van der Waals surface area contributed by atoms with Crippen molar-refractivity contribution in [1.29, 1.82) is 0 Å². The first-order valence-corrected chi connectivity index (χ1v) is 6.34. The van der Waals surface area contributed by atoms with Crippen molar-refractivity contribution >= 4 is 0 Å². The van der Waals surface area contributed by atoms with Gasteiger partial charge in [0.15, 0.2) is 0 Å². The molecule has 0 aliphatic heterocycles. The lowest BCUT2D eigenvalue weighted by Crippen LogP contribution is -2.20. The van der Waals surface area contributed by atoms with Crippen LogP contribution in [-0.2, 0) is 4.74 Å². The smallest absolute Gasteiger partial charge is 0.251 e. The summed E-state index contributed by atoms with van der Waals surface area (Å²) < 4.78 is 5.67. The van der Waals surface area contributed by atoms with E-state index in [0.717, 1.165) is 18.5 Å². The van der Waals surface area contributed by atoms with Gasteiger partial charge in [0.05, 0.1) is 5.69 Å². The van der Waals surface area contributed by atoms with Gasteiger partial charge in [-0.05, 0) is 25.7 Å². The molecule has 0 radical (unpaired) electrons. The molecule has 1 N–H and O–H groups in total. The molecule has 1 atom stereocenters. The van der Waals surface area contributed by atoms with Crippen LogP contribution in [0.1, 0.15) is 57.2 Å². The number of hydrogen-bond acceptors (Lipinski definition) is 3. The van der Waals surface area contributed by atoms with Crippen LogP contribution in [0.4, 0.5) is 0 Å². The van der Waals surface area contributed by atoms with Crippen molar-refractivity contribution in [2.24, 2.45) is 5.92 Å². The lowest BCUT2D eigenvalue weighted by Gasteiger charge is -2.20. The van der Waals surface area contributed by atoms with Gasteiger partial charge in [-0.3, -0.25) is 4.79 Å². The molecule has 4 heteroatoms. The molecule has 1 aliphatic rings. The number of nitrogens with one attached hydrogen (secondary N) is 1. The highest BCUT2D eigenvalue weighted by Gasteiger charge is 2.27. The van der Waals surface area contributed by atoms with Crippen molar-refractivity contribution in [3.05, 3.63) is 27.9 Å². The average molecular weight is 236 g/mol. The van der Waals surface area contributed by atoms with E-state index in [9.17, 15) is 4.79 Å². The number of ether oxygens (including phenoxy) is 1. The lowest BCUT2D eigenvalue weighted by molar-refractivity contribution is 0.0229. The average Bonchev–Trinajstić information content (AvgIpc) is 3.08. The Balaban J connectivity index is 2.31. The second kappa shape index (κ2) is 5.00. The second-order valence-electron chi connectivity index (χ2n) is 4.95. The molecule has 0 amide bonds. The summed E-state index contributed by atoms with van der Waals surface area (Å²) in [7, 11) is 0. The molecule has 1 aromatic heterocycles. The van der Waals surface area contributed by atoms with E-state index in [2.05, 4.69) is 23.8 Å². The Bertz CT molecular complexity index is 435. The van der Waals surface area contributed by atoms with Crippen LogP contribution >= 0.6 is 0 Å². The Morgan fingerprint density at radius 1 is 1.53 bits per heavy atom. The molecule has 94 valence electrons. The quantitative estimate of drug-likeness (QED) is 0.854. The largest absolute Gasteiger partial charge is 0.370 e. The minimum atomic E-state index is -0.119. The van der Waals surface area contributed by atoms with Crippen molar-refractivity contribution < 1.29 is 4.74 Å². The molecule has 1 heterocycles. The molecule has 1 fully saturated rings. The summed E-state index contributed by atoms with van der Waals surface area (Å²) in [4.78, 5) is 19.0. The minimum Gasteiger partial charge on any atom is -0.370 e. The van der Waals surface area contributed by atoms with E-state index in [1.165, 1.54) is 0 Å². The Morgan fingerprint density at radius 2 is 2.24 bits per heavy atom. The van der Waals surface area contributed by atoms with E-state index in [0.29, 0.717) is 24.3 Å². The van der Waals surface area contributed by atoms with E-state index in [1.807, 2.05) is 6.92 Å². The third-order valence-electron chi connectivity index (χ3n) is 3.00. The third kappa shape index (κ3) is 2.94. The summed E-state index contributed by atoms with van der Waals surface area (Å²) in [6.07, 6.45) is 2.18. The summed E-state index contributed by atoms with van der Waals surface area (Å²) >= 11 is 0. The SMILES string of the molecule is CCOC(c1nc(C2CC2)cc(=O)[nH]1)C(C)C. The molecule has 1 aromatic rings. The molecular weight excluding hydrogens is 216 g/mol. The highest BCUT2D eigenvalue weighted by molar-refractivity contribution is 5.15. The second-order valence-corrected chi connectivity index (χ2v) is 4.95. The summed E-state index contributed by atoms with van der Waals surface area (Å²) in [6, 6.07) is 1.62. The maximum absolute atomic E-state index is 11.6. The zero-order valence-electron chi connectivity index (χ0n) is 10.7. The van der Waals surface area contributed by atoms with Gasteiger partial charge < -0.3 is 9.72 Å². The molecule has 0 spiro atoms. The van der Waals surface area contributed by atoms with Gasteiger partial charge in [0.25, 0.3) is 5.56 Å². The molecule has 1 unspecified atom stereocenters. The van der Waals surface area contributed by atoms with Gasteiger partial charge in [0.2, 0.25) is 0 Å². The third-order valence-corrected chi connectivity index (χ3v) is 3.00. The predicted molar refractivity (Wildman–Crippen MR) is 66.0 cm³/mol. The van der Waals surface area contributed by atoms with E-state index in [1.54, 1.807) is 6.07 Å². The number of rotatable bonds is 5. The van der Waals surface area contributed by atoms with Crippen LogP contribution < -0.4 is 5.56 Å². The molecule has 0 bridgehead atoms. The zero-order valence-corrected chi connectivity index (χ0v) is 10.7. The van der Waals surface area contributed by atoms with Crippen LogP contribution in [0.3, 0.4) is 0 Å². The van der Waals surface area contributed by atoms with Gasteiger partial charge in [0, 0.05) is 18.6 Å². The first kappa shape index (κ1) is 12.3. The number of aromatic amines is 1. The normalized spacial score (nSPS) is 17.4. The van der Waals surface area contributed by atoms with Gasteiger partial charge in [0.1, 0.15) is 11.9 Å². The number of nitrogens with zero attached hydrogens (tertiary/aromatic N) is 1. The minimum absolute atomic E-state index is 0.0674. The Morgan fingerprint density at radius 3 is 2.76 bits per heavy atom. The first-order chi connectivity index (χ1) is 8.11. The van der Waals surface area contributed by atoms with Crippen molar-refractivity contribution in [3.8, 4) is 0 Å². The highest BCUT2D eigenvalue weighted by atomic mass is 16.5. The van der Waals surface area contributed by atoms with Crippen LogP contribution in [0.25, 0.3) is 0 Å². The van der Waals surface area contributed by atoms with Crippen molar-refractivity contribution in [3.63, 3.8) is 0 Å². The monoisotopic (exact) mass is 236 g/mol. The predicted octanol–water partition coefficient (Wildman–Crippen LogP) is 2.38. The van der Waals surface area contributed by atoms with Gasteiger partial charge in [-0.15, -0.1) is 0 Å². The molecular formula is C13H20N2O2. The molecule has 1 saturated carbocycles. The Kier molecular flexibility index (Phi) is 3.62. The molecule has 1 aliphatic carbocycles. The summed E-state index contributed by atoms with van der Waals surface area (Å²) in [5.41, 5.74) is 0.858. The van der Waals surface area contributed by atoms with E-state index in [-0.39, 0.29) is 11.7 Å². The fourth-order valence-electron chi connectivity index (χ4n) is 1.99. The lowest BCUT2D eigenvalue weighted by atomic mass is 10.1. The van der Waals surface area contributed by atoms with E-state index in [4.69, 9.17) is 4.74 Å². The van der Waals surface area contributed by atoms with Crippen LogP contribution in [0.5, 0.6) is 0 Å². The van der Waals surface area contributed by atoms with Crippen molar-refractivity contribution in [2.75, 3.05) is 6.61 Å². The standard InChI is InChI=1S/C13H20N2O2/c1-4-17-12(8(2)3)13-14-10(9-5-6-9)7-11(16)15-13/h7-9,12H,4-6H2,1-3H3,(H,14,15,16). The molecule has 4 nitrogen and oxygen atoms in total. The fraction of sp³-hybridized carbons (Fsp3) is 0.692. The van der Waals surface area contributed by atoms with E-state index < -0.39 is 0 Å². The molecule has 0 saturated heterocycles. The van der Waals surface area contributed by atoms with Gasteiger partial charge in [-0.1, -0.05) is 13.8 Å². The van der Waals surface area contributed by atoms with Crippen LogP contribution in [0, 0.1) is 5.92 Å². The van der Waals surface area contributed by atoms with Crippen LogP contribution in [0.15, 0.2) is 10.9 Å². The molecule has 0 aromatic carbocycles. The number of hydrogen-bond donors (Lipinski definition) is 1. The van der Waals surface area contributed by atoms with Crippen LogP contribution in [-0.4, -0.2) is 16.6 Å². The van der Waals surface area contributed by atoms with E-state index >= 15 is 0 Å². The van der Waals surface area contributed by atoms with Crippen molar-refractivity contribution in [1.82, 2.24) is 9.97 Å². The topological polar surface area (TPSA) is 55.0 Å². The number of aromatic nitrogens is 2. The maximum Gasteiger partial charge on any atom is 0.251 e. The summed E-state index contributed by atoms with van der Waals surface area (Å²) in [5.74, 6) is 1.47. The first-order valence-electron chi connectivity index (χ1n) is 6.34. The van der Waals surface area contributed by atoms with Crippen molar-refractivity contribution in [2.45, 2.75) is 45.6 Å². The fourth-order valence-corrected chi connectivity index (χ4v) is 1.99. The summed E-state index contributed by atoms with van der Waals surface area (Å²) in [6.45, 7) is 6.73. The summed E-state index contributed by atoms with van der Waals surface area (Å²) in [5, 5.41) is 0. The number of H-pyrrole nitrogens is 1. The Labute approximate surface area is 101 Å². The molecule has 17 heavy (non-hydrogen) atoms. The highest BCUT2D eigenvalue weighted by Crippen LogP contribution is 2.38. The van der Waals surface area contributed by atoms with Gasteiger partial charge >= 0.3 is 0 Å². The molecule has 2 rings (SSSR count).